The Hall–Kier alpha value is -0.650. The summed E-state index contributed by atoms with van der Waals surface area (Å²) in [6.45, 7) is 12.0. The molecular formula is C13H27N3O2. The number of carbonyl (C=O) groups excluding carboxylic acids is 1. The van der Waals surface area contributed by atoms with Crippen molar-refractivity contribution in [2.75, 3.05) is 32.8 Å². The second-order valence-electron chi connectivity index (χ2n) is 5.40. The predicted octanol–water partition coefficient (Wildman–Crippen LogP) is 0.210. The van der Waals surface area contributed by atoms with Gasteiger partial charge in [-0.2, -0.15) is 0 Å². The quantitative estimate of drug-likeness (QED) is 0.714. The first-order valence-electron chi connectivity index (χ1n) is 6.86. The van der Waals surface area contributed by atoms with Crippen molar-refractivity contribution in [3.8, 4) is 0 Å². The molecule has 0 aromatic carbocycles. The lowest BCUT2D eigenvalue weighted by atomic mass is 10.2. The molecule has 18 heavy (non-hydrogen) atoms. The van der Waals surface area contributed by atoms with Gasteiger partial charge >= 0.3 is 0 Å². The summed E-state index contributed by atoms with van der Waals surface area (Å²) in [6, 6.07) is 0.513. The molecule has 0 aromatic heterocycles. The van der Waals surface area contributed by atoms with Crippen LogP contribution in [0, 0.1) is 0 Å². The van der Waals surface area contributed by atoms with Crippen LogP contribution < -0.4 is 10.6 Å². The van der Waals surface area contributed by atoms with E-state index in [9.17, 15) is 4.79 Å². The molecule has 1 aliphatic rings. The van der Waals surface area contributed by atoms with Gasteiger partial charge in [0, 0.05) is 31.7 Å². The van der Waals surface area contributed by atoms with E-state index in [1.807, 2.05) is 13.8 Å². The highest BCUT2D eigenvalue weighted by molar-refractivity contribution is 5.82. The average molecular weight is 257 g/mol. The summed E-state index contributed by atoms with van der Waals surface area (Å²) < 4.78 is 5.42. The normalized spacial score (nSPS) is 21.6. The molecule has 1 saturated heterocycles. The van der Waals surface area contributed by atoms with Gasteiger partial charge < -0.3 is 15.4 Å². The zero-order valence-electron chi connectivity index (χ0n) is 12.0. The fourth-order valence-electron chi connectivity index (χ4n) is 2.02. The molecule has 0 bridgehead atoms. The lowest BCUT2D eigenvalue weighted by molar-refractivity contribution is -0.133. The van der Waals surface area contributed by atoms with Crippen LogP contribution in [0.2, 0.25) is 0 Å². The molecule has 0 radical (unpaired) electrons. The first-order valence-corrected chi connectivity index (χ1v) is 6.86. The number of nitrogens with one attached hydrogen (secondary N) is 2. The van der Waals surface area contributed by atoms with Gasteiger partial charge in [0.15, 0.2) is 0 Å². The van der Waals surface area contributed by atoms with Crippen molar-refractivity contribution >= 4 is 5.91 Å². The highest BCUT2D eigenvalue weighted by atomic mass is 16.5. The molecule has 1 atom stereocenters. The second kappa shape index (κ2) is 7.71. The molecule has 2 N–H and O–H groups in total. The maximum Gasteiger partial charge on any atom is 0.239 e. The van der Waals surface area contributed by atoms with Gasteiger partial charge in [-0.3, -0.25) is 9.69 Å². The molecule has 0 spiro atoms. The summed E-state index contributed by atoms with van der Waals surface area (Å²) in [7, 11) is 0. The maximum atomic E-state index is 12.1. The summed E-state index contributed by atoms with van der Waals surface area (Å²) in [6.07, 6.45) is 0. The van der Waals surface area contributed by atoms with Crippen molar-refractivity contribution in [1.29, 1.82) is 0 Å². The number of hydrogen-bond donors (Lipinski definition) is 2. The Balaban J connectivity index is 2.43. The van der Waals surface area contributed by atoms with Gasteiger partial charge in [-0.25, -0.2) is 0 Å². The SMILES string of the molecule is CC(C)NCCN1CCOCC1C(=O)NC(C)C. The third-order valence-electron chi connectivity index (χ3n) is 2.92. The summed E-state index contributed by atoms with van der Waals surface area (Å²) in [5, 5.41) is 6.34. The van der Waals surface area contributed by atoms with Crippen LogP contribution >= 0.6 is 0 Å². The Morgan fingerprint density at radius 3 is 2.67 bits per heavy atom. The minimum absolute atomic E-state index is 0.0780. The lowest BCUT2D eigenvalue weighted by Crippen LogP contribution is -2.56. The number of nitrogens with zero attached hydrogens (tertiary/aromatic N) is 1. The molecule has 1 heterocycles. The van der Waals surface area contributed by atoms with Crippen molar-refractivity contribution in [2.24, 2.45) is 0 Å². The van der Waals surface area contributed by atoms with E-state index in [0.29, 0.717) is 19.3 Å². The molecule has 1 unspecified atom stereocenters. The van der Waals surface area contributed by atoms with Gasteiger partial charge in [-0.1, -0.05) is 13.8 Å². The van der Waals surface area contributed by atoms with Crippen molar-refractivity contribution in [1.82, 2.24) is 15.5 Å². The molecule has 5 heteroatoms. The summed E-state index contributed by atoms with van der Waals surface area (Å²) >= 11 is 0. The van der Waals surface area contributed by atoms with E-state index in [2.05, 4.69) is 29.4 Å². The van der Waals surface area contributed by atoms with E-state index in [0.717, 1.165) is 19.6 Å². The van der Waals surface area contributed by atoms with Gasteiger partial charge in [0.1, 0.15) is 6.04 Å². The third kappa shape index (κ3) is 5.33. The standard InChI is InChI=1S/C13H27N3O2/c1-10(2)14-5-6-16-7-8-18-9-12(16)13(17)15-11(3)4/h10-12,14H,5-9H2,1-4H3,(H,15,17). The van der Waals surface area contributed by atoms with Gasteiger partial charge in [0.2, 0.25) is 5.91 Å². The molecule has 0 aliphatic carbocycles. The Morgan fingerprint density at radius 2 is 2.06 bits per heavy atom. The molecule has 1 fully saturated rings. The van der Waals surface area contributed by atoms with Crippen molar-refractivity contribution in [2.45, 2.75) is 45.8 Å². The summed E-state index contributed by atoms with van der Waals surface area (Å²) in [4.78, 5) is 14.3. The van der Waals surface area contributed by atoms with Gasteiger partial charge in [-0.15, -0.1) is 0 Å². The van der Waals surface area contributed by atoms with Gasteiger partial charge in [0.25, 0.3) is 0 Å². The van der Waals surface area contributed by atoms with Crippen LogP contribution in [-0.4, -0.2) is 61.8 Å². The smallest absolute Gasteiger partial charge is 0.239 e. The van der Waals surface area contributed by atoms with E-state index in [4.69, 9.17) is 4.74 Å². The van der Waals surface area contributed by atoms with Crippen molar-refractivity contribution in [3.05, 3.63) is 0 Å². The second-order valence-corrected chi connectivity index (χ2v) is 5.40. The lowest BCUT2D eigenvalue weighted by Gasteiger charge is -2.35. The molecule has 5 nitrogen and oxygen atoms in total. The Morgan fingerprint density at radius 1 is 1.33 bits per heavy atom. The average Bonchev–Trinajstić information content (AvgIpc) is 2.28. The van der Waals surface area contributed by atoms with Crippen LogP contribution in [0.4, 0.5) is 0 Å². The van der Waals surface area contributed by atoms with E-state index in [-0.39, 0.29) is 18.0 Å². The molecular weight excluding hydrogens is 230 g/mol. The number of carbonyl (C=O) groups is 1. The number of hydrogen-bond acceptors (Lipinski definition) is 4. The molecule has 1 amide bonds. The summed E-state index contributed by atoms with van der Waals surface area (Å²) in [5.41, 5.74) is 0. The molecule has 106 valence electrons. The zero-order valence-corrected chi connectivity index (χ0v) is 12.0. The fourth-order valence-corrected chi connectivity index (χ4v) is 2.02. The monoisotopic (exact) mass is 257 g/mol. The molecule has 0 aromatic rings. The molecule has 1 aliphatic heterocycles. The zero-order chi connectivity index (χ0) is 13.5. The first kappa shape index (κ1) is 15.4. The Labute approximate surface area is 110 Å². The minimum Gasteiger partial charge on any atom is -0.378 e. The molecule has 1 rings (SSSR count). The largest absolute Gasteiger partial charge is 0.378 e. The van der Waals surface area contributed by atoms with Crippen molar-refractivity contribution < 1.29 is 9.53 Å². The van der Waals surface area contributed by atoms with Gasteiger partial charge in [0.05, 0.1) is 13.2 Å². The minimum atomic E-state index is -0.143. The summed E-state index contributed by atoms with van der Waals surface area (Å²) in [5.74, 6) is 0.0780. The van der Waals surface area contributed by atoms with Crippen LogP contribution in [0.15, 0.2) is 0 Å². The fraction of sp³-hybridized carbons (Fsp3) is 0.923. The third-order valence-corrected chi connectivity index (χ3v) is 2.92. The number of morpholine rings is 1. The first-order chi connectivity index (χ1) is 8.50. The van der Waals surface area contributed by atoms with E-state index < -0.39 is 0 Å². The van der Waals surface area contributed by atoms with Crippen LogP contribution in [0.5, 0.6) is 0 Å². The van der Waals surface area contributed by atoms with Crippen molar-refractivity contribution in [3.63, 3.8) is 0 Å². The number of ether oxygens (including phenoxy) is 1. The highest BCUT2D eigenvalue weighted by Gasteiger charge is 2.29. The maximum absolute atomic E-state index is 12.1. The Bertz CT molecular complexity index is 257. The Kier molecular flexibility index (Phi) is 6.60. The number of amides is 1. The van der Waals surface area contributed by atoms with E-state index >= 15 is 0 Å². The highest BCUT2D eigenvalue weighted by Crippen LogP contribution is 2.06. The van der Waals surface area contributed by atoms with Crippen LogP contribution in [0.3, 0.4) is 0 Å². The van der Waals surface area contributed by atoms with E-state index in [1.54, 1.807) is 0 Å². The molecule has 0 saturated carbocycles. The van der Waals surface area contributed by atoms with Crippen LogP contribution in [0.1, 0.15) is 27.7 Å². The predicted molar refractivity (Wildman–Crippen MR) is 72.6 cm³/mol. The van der Waals surface area contributed by atoms with Gasteiger partial charge in [-0.05, 0) is 13.8 Å². The number of rotatable bonds is 6. The van der Waals surface area contributed by atoms with E-state index in [1.165, 1.54) is 0 Å². The van der Waals surface area contributed by atoms with Crippen LogP contribution in [0.25, 0.3) is 0 Å². The van der Waals surface area contributed by atoms with Crippen LogP contribution in [-0.2, 0) is 9.53 Å². The topological polar surface area (TPSA) is 53.6 Å².